The van der Waals surface area contributed by atoms with Gasteiger partial charge in [0.15, 0.2) is 5.16 Å². The zero-order valence-electron chi connectivity index (χ0n) is 23.6. The van der Waals surface area contributed by atoms with Gasteiger partial charge >= 0.3 is 0 Å². The Labute approximate surface area is 256 Å². The van der Waals surface area contributed by atoms with Gasteiger partial charge in [0.05, 0.1) is 37.3 Å². The predicted octanol–water partition coefficient (Wildman–Crippen LogP) is 5.18. The molecule has 1 amide bonds. The molecule has 14 heteroatoms. The lowest BCUT2D eigenvalue weighted by Gasteiger charge is -2.25. The van der Waals surface area contributed by atoms with Crippen LogP contribution in [0.3, 0.4) is 0 Å². The molecule has 3 aromatic rings. The molecule has 3 heterocycles. The highest BCUT2D eigenvalue weighted by Crippen LogP contribution is 2.31. The van der Waals surface area contributed by atoms with Gasteiger partial charge in [-0.15, -0.1) is 0 Å². The molecule has 228 valence electrons. The van der Waals surface area contributed by atoms with E-state index >= 15 is 0 Å². The third-order valence-corrected chi connectivity index (χ3v) is 12.7. The first-order valence-corrected chi connectivity index (χ1v) is 18.6. The van der Waals surface area contributed by atoms with Gasteiger partial charge in [0, 0.05) is 32.7 Å². The van der Waals surface area contributed by atoms with Gasteiger partial charge in [-0.1, -0.05) is 43.1 Å². The largest absolute Gasteiger partial charge is 0.324 e. The Hall–Kier alpha value is -2.16. The lowest BCUT2D eigenvalue weighted by atomic mass is 10.2. The number of imidazole rings is 1. The summed E-state index contributed by atoms with van der Waals surface area (Å²) in [6.07, 6.45) is 6.27. The van der Waals surface area contributed by atoms with E-state index in [1.54, 1.807) is 22.5 Å². The average molecular weight is 654 g/mol. The minimum Gasteiger partial charge on any atom is -0.324 e. The summed E-state index contributed by atoms with van der Waals surface area (Å²) in [5.74, 6) is -0.353. The minimum absolute atomic E-state index is 0.00775. The van der Waals surface area contributed by atoms with Crippen LogP contribution in [0.4, 0.5) is 5.69 Å². The van der Waals surface area contributed by atoms with Crippen molar-refractivity contribution in [2.45, 2.75) is 73.4 Å². The van der Waals surface area contributed by atoms with Gasteiger partial charge < -0.3 is 9.88 Å². The lowest BCUT2D eigenvalue weighted by molar-refractivity contribution is -0.113. The van der Waals surface area contributed by atoms with Gasteiger partial charge in [0.25, 0.3) is 0 Å². The van der Waals surface area contributed by atoms with Crippen molar-refractivity contribution < 1.29 is 21.6 Å². The molecule has 2 aromatic carbocycles. The van der Waals surface area contributed by atoms with Crippen LogP contribution >= 0.6 is 23.4 Å². The Bertz CT molecular complexity index is 1660. The number of carbonyl (C=O) groups excluding carboxylic acids is 1. The molecule has 1 aromatic heterocycles. The number of aryl methyl sites for hydroxylation is 1. The molecule has 5 rings (SSSR count). The molecule has 42 heavy (non-hydrogen) atoms. The smallest absolute Gasteiger partial charge is 0.243 e. The second-order valence-electron chi connectivity index (χ2n) is 10.6. The summed E-state index contributed by atoms with van der Waals surface area (Å²) in [6.45, 7) is 4.78. The Morgan fingerprint density at radius 1 is 0.905 bits per heavy atom. The van der Waals surface area contributed by atoms with Crippen molar-refractivity contribution in [1.29, 1.82) is 0 Å². The number of halogens is 1. The fourth-order valence-corrected chi connectivity index (χ4v) is 9.39. The average Bonchev–Trinajstić information content (AvgIpc) is 3.65. The summed E-state index contributed by atoms with van der Waals surface area (Å²) >= 11 is 7.55. The number of nitrogens with one attached hydrogen (secondary N) is 1. The molecule has 2 aliphatic heterocycles. The summed E-state index contributed by atoms with van der Waals surface area (Å²) in [7, 11) is -7.26. The highest BCUT2D eigenvalue weighted by Gasteiger charge is 2.29. The first-order valence-electron chi connectivity index (χ1n) is 14.3. The van der Waals surface area contributed by atoms with E-state index in [1.165, 1.54) is 34.3 Å². The van der Waals surface area contributed by atoms with E-state index in [0.29, 0.717) is 43.4 Å². The van der Waals surface area contributed by atoms with Crippen LogP contribution < -0.4 is 5.32 Å². The molecule has 2 aliphatic rings. The SMILES string of the molecule is CCCCn1c(SCC(=O)Nc2cc(S(=O)(=O)N3CCCC3)ccc2Cl)nc2cc(S(=O)(=O)N3CCCCC3)ccc21. The van der Waals surface area contributed by atoms with E-state index in [-0.39, 0.29) is 32.2 Å². The fourth-order valence-electron chi connectivity index (χ4n) is 5.30. The number of sulfonamides is 2. The van der Waals surface area contributed by atoms with Gasteiger partial charge in [-0.3, -0.25) is 4.79 Å². The molecule has 0 unspecified atom stereocenters. The lowest BCUT2D eigenvalue weighted by Crippen LogP contribution is -2.35. The van der Waals surface area contributed by atoms with Gasteiger partial charge in [-0.25, -0.2) is 21.8 Å². The Balaban J connectivity index is 1.34. The van der Waals surface area contributed by atoms with Gasteiger partial charge in [0.1, 0.15) is 0 Å². The summed E-state index contributed by atoms with van der Waals surface area (Å²) in [6, 6.07) is 9.40. The molecule has 0 aliphatic carbocycles. The van der Waals surface area contributed by atoms with Crippen molar-refractivity contribution in [3.8, 4) is 0 Å². The van der Waals surface area contributed by atoms with Crippen LogP contribution in [0.5, 0.6) is 0 Å². The van der Waals surface area contributed by atoms with E-state index in [2.05, 4.69) is 12.2 Å². The first kappa shape index (κ1) is 31.3. The number of thioether (sulfide) groups is 1. The maximum Gasteiger partial charge on any atom is 0.243 e. The zero-order valence-corrected chi connectivity index (χ0v) is 26.8. The maximum atomic E-state index is 13.3. The van der Waals surface area contributed by atoms with Gasteiger partial charge in [-0.05, 0) is 68.5 Å². The molecular weight excluding hydrogens is 618 g/mol. The molecule has 10 nitrogen and oxygen atoms in total. The topological polar surface area (TPSA) is 122 Å². The molecule has 0 atom stereocenters. The fraction of sp³-hybridized carbons (Fsp3) is 0.500. The number of hydrogen-bond acceptors (Lipinski definition) is 7. The molecule has 2 fully saturated rings. The van der Waals surface area contributed by atoms with Crippen molar-refractivity contribution in [3.05, 3.63) is 41.4 Å². The maximum absolute atomic E-state index is 13.3. The number of benzene rings is 2. The third-order valence-electron chi connectivity index (χ3n) is 7.62. The predicted molar refractivity (Wildman–Crippen MR) is 166 cm³/mol. The van der Waals surface area contributed by atoms with Crippen LogP contribution in [-0.4, -0.2) is 72.8 Å². The summed E-state index contributed by atoms with van der Waals surface area (Å²) in [5.41, 5.74) is 1.61. The second kappa shape index (κ2) is 13.2. The van der Waals surface area contributed by atoms with Crippen LogP contribution in [0, 0.1) is 0 Å². The number of unbranched alkanes of at least 4 members (excludes halogenated alkanes) is 1. The number of rotatable bonds is 11. The van der Waals surface area contributed by atoms with Crippen molar-refractivity contribution in [3.63, 3.8) is 0 Å². The molecular formula is C28H36ClN5O5S3. The minimum atomic E-state index is -3.66. The number of aromatic nitrogens is 2. The second-order valence-corrected chi connectivity index (χ2v) is 15.8. The van der Waals surface area contributed by atoms with Crippen molar-refractivity contribution in [2.24, 2.45) is 0 Å². The van der Waals surface area contributed by atoms with E-state index in [4.69, 9.17) is 16.6 Å². The van der Waals surface area contributed by atoms with E-state index in [9.17, 15) is 21.6 Å². The van der Waals surface area contributed by atoms with E-state index < -0.39 is 20.0 Å². The molecule has 0 spiro atoms. The Kier molecular flexibility index (Phi) is 9.85. The number of amides is 1. The quantitative estimate of drug-likeness (QED) is 0.283. The molecule has 2 saturated heterocycles. The molecule has 1 N–H and O–H groups in total. The van der Waals surface area contributed by atoms with Crippen LogP contribution in [-0.2, 0) is 31.4 Å². The highest BCUT2D eigenvalue weighted by atomic mass is 35.5. The van der Waals surface area contributed by atoms with Crippen LogP contribution in [0.1, 0.15) is 51.9 Å². The highest BCUT2D eigenvalue weighted by molar-refractivity contribution is 7.99. The molecule has 0 saturated carbocycles. The van der Waals surface area contributed by atoms with Crippen molar-refractivity contribution >= 4 is 66.0 Å². The summed E-state index contributed by atoms with van der Waals surface area (Å²) < 4.78 is 57.5. The van der Waals surface area contributed by atoms with Crippen LogP contribution in [0.15, 0.2) is 51.3 Å². The standard InChI is InChI=1S/C28H36ClN5O5S3/c1-2-3-17-34-26-12-10-22(42(38,39)32-13-5-4-6-14-32)19-25(26)31-28(34)40-20-27(35)30-24-18-21(9-11-23(24)29)41(36,37)33-15-7-8-16-33/h9-12,18-19H,2-8,13-17,20H2,1H3,(H,30,35). The van der Waals surface area contributed by atoms with Crippen LogP contribution in [0.2, 0.25) is 5.02 Å². The number of hydrogen-bond donors (Lipinski definition) is 1. The van der Waals surface area contributed by atoms with Gasteiger partial charge in [-0.2, -0.15) is 8.61 Å². The zero-order chi connectivity index (χ0) is 29.9. The van der Waals surface area contributed by atoms with E-state index in [1.807, 2.05) is 4.57 Å². The van der Waals surface area contributed by atoms with Crippen molar-refractivity contribution in [1.82, 2.24) is 18.2 Å². The number of nitrogens with zero attached hydrogens (tertiary/aromatic N) is 4. The molecule has 0 bridgehead atoms. The number of anilines is 1. The van der Waals surface area contributed by atoms with Gasteiger partial charge in [0.2, 0.25) is 26.0 Å². The molecule has 0 radical (unpaired) electrons. The normalized spacial score (nSPS) is 17.2. The number of carbonyl (C=O) groups is 1. The van der Waals surface area contributed by atoms with E-state index in [0.717, 1.165) is 50.5 Å². The Morgan fingerprint density at radius 2 is 1.50 bits per heavy atom. The van der Waals surface area contributed by atoms with Crippen LogP contribution in [0.25, 0.3) is 11.0 Å². The summed E-state index contributed by atoms with van der Waals surface area (Å²) in [4.78, 5) is 18.0. The summed E-state index contributed by atoms with van der Waals surface area (Å²) in [5, 5.41) is 3.60. The monoisotopic (exact) mass is 653 g/mol. The first-order chi connectivity index (χ1) is 20.1. The van der Waals surface area contributed by atoms with Crippen molar-refractivity contribution in [2.75, 3.05) is 37.2 Å². The third kappa shape index (κ3) is 6.66. The Morgan fingerprint density at radius 3 is 2.14 bits per heavy atom. The number of fused-ring (bicyclic) bond motifs is 1. The number of piperidine rings is 1.